The molecule has 0 amide bonds. The predicted octanol–water partition coefficient (Wildman–Crippen LogP) is 1.88. The lowest BCUT2D eigenvalue weighted by molar-refractivity contribution is -0.144. The summed E-state index contributed by atoms with van der Waals surface area (Å²) < 4.78 is 0. The predicted molar refractivity (Wildman–Crippen MR) is 56.2 cm³/mol. The van der Waals surface area contributed by atoms with Crippen LogP contribution in [0.3, 0.4) is 0 Å². The van der Waals surface area contributed by atoms with Crippen LogP contribution in [0.4, 0.5) is 0 Å². The van der Waals surface area contributed by atoms with Gasteiger partial charge in [0.25, 0.3) is 0 Å². The van der Waals surface area contributed by atoms with Gasteiger partial charge in [0, 0.05) is 0 Å². The quantitative estimate of drug-likeness (QED) is 0.665. The first-order chi connectivity index (χ1) is 6.75. The minimum absolute atomic E-state index is 0.104. The summed E-state index contributed by atoms with van der Waals surface area (Å²) in [5, 5.41) is 12.3. The molecule has 0 aromatic rings. The molecule has 14 heavy (non-hydrogen) atoms. The number of carbonyl (C=O) groups is 1. The Bertz CT molecular complexity index is 182. The van der Waals surface area contributed by atoms with Crippen LogP contribution in [-0.4, -0.2) is 24.2 Å². The number of unbranched alkanes of at least 4 members (excludes halogenated alkanes) is 2. The van der Waals surface area contributed by atoms with Crippen molar-refractivity contribution < 1.29 is 9.90 Å². The summed E-state index contributed by atoms with van der Waals surface area (Å²) in [7, 11) is 0. The van der Waals surface area contributed by atoms with Crippen LogP contribution in [0.2, 0.25) is 0 Å². The van der Waals surface area contributed by atoms with Crippen LogP contribution >= 0.6 is 0 Å². The van der Waals surface area contributed by atoms with Gasteiger partial charge in [-0.05, 0) is 31.8 Å². The van der Waals surface area contributed by atoms with E-state index in [1.807, 2.05) is 0 Å². The van der Waals surface area contributed by atoms with E-state index >= 15 is 0 Å². The number of nitrogens with one attached hydrogen (secondary N) is 1. The SMILES string of the molecule is CCCCCC1CNCCC1C(=O)O. The zero-order valence-corrected chi connectivity index (χ0v) is 8.96. The smallest absolute Gasteiger partial charge is 0.306 e. The number of rotatable bonds is 5. The van der Waals surface area contributed by atoms with E-state index in [9.17, 15) is 4.79 Å². The zero-order chi connectivity index (χ0) is 10.4. The van der Waals surface area contributed by atoms with Crippen molar-refractivity contribution in [3.8, 4) is 0 Å². The van der Waals surface area contributed by atoms with Crippen molar-refractivity contribution in [3.05, 3.63) is 0 Å². The lowest BCUT2D eigenvalue weighted by Crippen LogP contribution is -2.40. The number of carboxylic acid groups (broad SMARTS) is 1. The van der Waals surface area contributed by atoms with Gasteiger partial charge in [0.1, 0.15) is 0 Å². The third kappa shape index (κ3) is 3.29. The molecule has 1 saturated heterocycles. The summed E-state index contributed by atoms with van der Waals surface area (Å²) in [5.41, 5.74) is 0. The van der Waals surface area contributed by atoms with Gasteiger partial charge in [0.15, 0.2) is 0 Å². The largest absolute Gasteiger partial charge is 0.481 e. The van der Waals surface area contributed by atoms with E-state index in [0.717, 1.165) is 25.9 Å². The fraction of sp³-hybridized carbons (Fsp3) is 0.909. The second kappa shape index (κ2) is 6.02. The van der Waals surface area contributed by atoms with Gasteiger partial charge in [-0.2, -0.15) is 0 Å². The highest BCUT2D eigenvalue weighted by Gasteiger charge is 2.29. The highest BCUT2D eigenvalue weighted by Crippen LogP contribution is 2.24. The van der Waals surface area contributed by atoms with Crippen LogP contribution in [0.15, 0.2) is 0 Å². The van der Waals surface area contributed by atoms with Crippen molar-refractivity contribution in [2.24, 2.45) is 11.8 Å². The molecule has 1 fully saturated rings. The summed E-state index contributed by atoms with van der Waals surface area (Å²) in [6.45, 7) is 3.93. The first-order valence-electron chi connectivity index (χ1n) is 5.69. The third-order valence-electron chi connectivity index (χ3n) is 3.10. The standard InChI is InChI=1S/C11H21NO2/c1-2-3-4-5-9-8-12-7-6-10(9)11(13)14/h9-10,12H,2-8H2,1H3,(H,13,14). The molecule has 3 heteroatoms. The molecule has 1 heterocycles. The minimum atomic E-state index is -0.604. The summed E-state index contributed by atoms with van der Waals surface area (Å²) in [5.74, 6) is -0.353. The van der Waals surface area contributed by atoms with Crippen LogP contribution in [0.5, 0.6) is 0 Å². The van der Waals surface area contributed by atoms with Crippen molar-refractivity contribution >= 4 is 5.97 Å². The molecule has 3 nitrogen and oxygen atoms in total. The second-order valence-electron chi connectivity index (χ2n) is 4.19. The maximum absolute atomic E-state index is 11.0. The van der Waals surface area contributed by atoms with Gasteiger partial charge in [-0.3, -0.25) is 4.79 Å². The first kappa shape index (κ1) is 11.5. The molecule has 0 bridgehead atoms. The molecular formula is C11H21NO2. The number of aliphatic carboxylic acids is 1. The third-order valence-corrected chi connectivity index (χ3v) is 3.10. The molecule has 82 valence electrons. The van der Waals surface area contributed by atoms with E-state index in [1.54, 1.807) is 0 Å². The van der Waals surface area contributed by atoms with E-state index in [0.29, 0.717) is 5.92 Å². The van der Waals surface area contributed by atoms with E-state index in [2.05, 4.69) is 12.2 Å². The molecule has 2 atom stereocenters. The van der Waals surface area contributed by atoms with Crippen LogP contribution in [0, 0.1) is 11.8 Å². The van der Waals surface area contributed by atoms with Crippen LogP contribution < -0.4 is 5.32 Å². The average Bonchev–Trinajstić information content (AvgIpc) is 2.19. The van der Waals surface area contributed by atoms with Gasteiger partial charge < -0.3 is 10.4 Å². The molecule has 0 aromatic carbocycles. The lowest BCUT2D eigenvalue weighted by atomic mass is 9.83. The molecule has 0 aromatic heterocycles. The molecule has 0 saturated carbocycles. The zero-order valence-electron chi connectivity index (χ0n) is 8.96. The maximum atomic E-state index is 11.0. The Labute approximate surface area is 85.9 Å². The Morgan fingerprint density at radius 1 is 1.50 bits per heavy atom. The summed E-state index contributed by atoms with van der Waals surface area (Å²) in [6.07, 6.45) is 5.47. The minimum Gasteiger partial charge on any atom is -0.481 e. The molecule has 2 unspecified atom stereocenters. The van der Waals surface area contributed by atoms with Crippen LogP contribution in [-0.2, 0) is 4.79 Å². The maximum Gasteiger partial charge on any atom is 0.306 e. The number of hydrogen-bond acceptors (Lipinski definition) is 2. The van der Waals surface area contributed by atoms with E-state index in [4.69, 9.17) is 5.11 Å². The molecular weight excluding hydrogens is 178 g/mol. The lowest BCUT2D eigenvalue weighted by Gasteiger charge is -2.29. The fourth-order valence-corrected chi connectivity index (χ4v) is 2.21. The van der Waals surface area contributed by atoms with E-state index in [1.165, 1.54) is 19.3 Å². The van der Waals surface area contributed by atoms with Gasteiger partial charge in [-0.25, -0.2) is 0 Å². The molecule has 1 aliphatic heterocycles. The first-order valence-corrected chi connectivity index (χ1v) is 5.69. The highest BCUT2D eigenvalue weighted by atomic mass is 16.4. The van der Waals surface area contributed by atoms with Gasteiger partial charge in [-0.15, -0.1) is 0 Å². The van der Waals surface area contributed by atoms with Gasteiger partial charge in [0.05, 0.1) is 5.92 Å². The number of hydrogen-bond donors (Lipinski definition) is 2. The topological polar surface area (TPSA) is 49.3 Å². The molecule has 0 spiro atoms. The van der Waals surface area contributed by atoms with E-state index in [-0.39, 0.29) is 5.92 Å². The molecule has 1 rings (SSSR count). The van der Waals surface area contributed by atoms with E-state index < -0.39 is 5.97 Å². The van der Waals surface area contributed by atoms with Crippen molar-refractivity contribution in [1.82, 2.24) is 5.32 Å². The highest BCUT2D eigenvalue weighted by molar-refractivity contribution is 5.70. The molecule has 0 radical (unpaired) electrons. The number of carboxylic acids is 1. The molecule has 0 aliphatic carbocycles. The Morgan fingerprint density at radius 2 is 2.29 bits per heavy atom. The fourth-order valence-electron chi connectivity index (χ4n) is 2.21. The Balaban J connectivity index is 2.34. The summed E-state index contributed by atoms with van der Waals surface area (Å²) in [6, 6.07) is 0. The Hall–Kier alpha value is -0.570. The van der Waals surface area contributed by atoms with Crippen molar-refractivity contribution in [2.45, 2.75) is 39.0 Å². The molecule has 1 aliphatic rings. The van der Waals surface area contributed by atoms with Crippen molar-refractivity contribution in [1.29, 1.82) is 0 Å². The van der Waals surface area contributed by atoms with Gasteiger partial charge in [0.2, 0.25) is 0 Å². The van der Waals surface area contributed by atoms with Crippen molar-refractivity contribution in [3.63, 3.8) is 0 Å². The van der Waals surface area contributed by atoms with Crippen molar-refractivity contribution in [2.75, 3.05) is 13.1 Å². The monoisotopic (exact) mass is 199 g/mol. The van der Waals surface area contributed by atoms with Gasteiger partial charge in [-0.1, -0.05) is 26.2 Å². The second-order valence-corrected chi connectivity index (χ2v) is 4.19. The van der Waals surface area contributed by atoms with Crippen LogP contribution in [0.1, 0.15) is 39.0 Å². The summed E-state index contributed by atoms with van der Waals surface area (Å²) in [4.78, 5) is 11.0. The number of piperidine rings is 1. The Kier molecular flexibility index (Phi) is 4.94. The van der Waals surface area contributed by atoms with Crippen LogP contribution in [0.25, 0.3) is 0 Å². The molecule has 2 N–H and O–H groups in total. The average molecular weight is 199 g/mol. The summed E-state index contributed by atoms with van der Waals surface area (Å²) >= 11 is 0. The normalized spacial score (nSPS) is 27.5. The van der Waals surface area contributed by atoms with Gasteiger partial charge >= 0.3 is 5.97 Å². The Morgan fingerprint density at radius 3 is 2.93 bits per heavy atom.